The molecule has 2 rings (SSSR count). The van der Waals surface area contributed by atoms with E-state index < -0.39 is 0 Å². The van der Waals surface area contributed by atoms with Crippen molar-refractivity contribution < 1.29 is 18.7 Å². The van der Waals surface area contributed by atoms with Gasteiger partial charge in [-0.15, -0.1) is 0 Å². The third-order valence-electron chi connectivity index (χ3n) is 3.30. The minimum absolute atomic E-state index is 0.00981. The van der Waals surface area contributed by atoms with Crippen molar-refractivity contribution in [1.29, 1.82) is 0 Å². The van der Waals surface area contributed by atoms with E-state index in [1.165, 1.54) is 0 Å². The predicted molar refractivity (Wildman–Crippen MR) is 86.3 cm³/mol. The summed E-state index contributed by atoms with van der Waals surface area (Å²) in [5.74, 6) is 1.91. The van der Waals surface area contributed by atoms with Gasteiger partial charge in [-0.2, -0.15) is 0 Å². The number of hydrogen-bond acceptors (Lipinski definition) is 5. The van der Waals surface area contributed by atoms with Crippen molar-refractivity contribution >= 4 is 5.91 Å². The molecule has 0 radical (unpaired) electrons. The number of ether oxygens (including phenoxy) is 2. The molecule has 0 aliphatic carbocycles. The topological polar surface area (TPSA) is 73.6 Å². The highest BCUT2D eigenvalue weighted by atomic mass is 16.5. The Morgan fingerprint density at radius 3 is 2.96 bits per heavy atom. The molecule has 1 aromatic heterocycles. The molecule has 0 saturated heterocycles. The van der Waals surface area contributed by atoms with Gasteiger partial charge in [0.05, 0.1) is 19.9 Å². The lowest BCUT2D eigenvalue weighted by Crippen LogP contribution is -2.35. The van der Waals surface area contributed by atoms with Crippen LogP contribution in [-0.2, 0) is 16.0 Å². The summed E-state index contributed by atoms with van der Waals surface area (Å²) in [4.78, 5) is 16.0. The molecular weight excluding hydrogens is 296 g/mol. The van der Waals surface area contributed by atoms with E-state index in [1.807, 2.05) is 31.2 Å². The van der Waals surface area contributed by atoms with E-state index in [1.54, 1.807) is 20.4 Å². The van der Waals surface area contributed by atoms with E-state index in [0.717, 1.165) is 11.3 Å². The van der Waals surface area contributed by atoms with Gasteiger partial charge >= 0.3 is 0 Å². The summed E-state index contributed by atoms with van der Waals surface area (Å²) in [5.41, 5.74) is 0.890. The van der Waals surface area contributed by atoms with Crippen LogP contribution in [0.4, 0.5) is 0 Å². The van der Waals surface area contributed by atoms with E-state index in [0.29, 0.717) is 31.1 Å². The Bertz CT molecular complexity index is 639. The fourth-order valence-corrected chi connectivity index (χ4v) is 2.19. The molecule has 0 aliphatic heterocycles. The molecule has 1 aromatic carbocycles. The van der Waals surface area contributed by atoms with Gasteiger partial charge in [-0.3, -0.25) is 4.79 Å². The number of hydrogen-bond donors (Lipinski definition) is 1. The van der Waals surface area contributed by atoms with Crippen molar-refractivity contribution in [1.82, 2.24) is 10.3 Å². The zero-order valence-corrected chi connectivity index (χ0v) is 13.7. The molecule has 1 heterocycles. The Kier molecular flexibility index (Phi) is 6.17. The maximum atomic E-state index is 11.8. The van der Waals surface area contributed by atoms with Crippen LogP contribution in [0.2, 0.25) is 0 Å². The monoisotopic (exact) mass is 318 g/mol. The number of methoxy groups -OCH3 is 2. The first kappa shape index (κ1) is 17.0. The van der Waals surface area contributed by atoms with Gasteiger partial charge in [0.15, 0.2) is 11.7 Å². The van der Waals surface area contributed by atoms with Crippen molar-refractivity contribution in [3.63, 3.8) is 0 Å². The highest BCUT2D eigenvalue weighted by molar-refractivity contribution is 5.76. The number of amides is 1. The molecule has 0 bridgehead atoms. The summed E-state index contributed by atoms with van der Waals surface area (Å²) in [5, 5.41) is 2.85. The van der Waals surface area contributed by atoms with Gasteiger partial charge in [0, 0.05) is 31.6 Å². The first-order chi connectivity index (χ1) is 11.1. The highest BCUT2D eigenvalue weighted by Crippen LogP contribution is 2.24. The lowest BCUT2D eigenvalue weighted by atomic mass is 10.2. The number of aromatic nitrogens is 1. The molecule has 6 heteroatoms. The molecule has 124 valence electrons. The van der Waals surface area contributed by atoms with Crippen LogP contribution in [0, 0.1) is 0 Å². The third-order valence-corrected chi connectivity index (χ3v) is 3.30. The zero-order valence-electron chi connectivity index (χ0n) is 13.7. The van der Waals surface area contributed by atoms with Gasteiger partial charge in [0.1, 0.15) is 5.75 Å². The van der Waals surface area contributed by atoms with Gasteiger partial charge < -0.3 is 19.2 Å². The minimum Gasteiger partial charge on any atom is -0.497 e. The van der Waals surface area contributed by atoms with Crippen LogP contribution < -0.4 is 10.1 Å². The fraction of sp³-hybridized carbons (Fsp3) is 0.412. The number of rotatable bonds is 8. The second-order valence-corrected chi connectivity index (χ2v) is 5.27. The fourth-order valence-electron chi connectivity index (χ4n) is 2.19. The predicted octanol–water partition coefficient (Wildman–Crippen LogP) is 2.43. The normalized spacial score (nSPS) is 12.0. The Balaban J connectivity index is 1.91. The van der Waals surface area contributed by atoms with Crippen LogP contribution >= 0.6 is 0 Å². The van der Waals surface area contributed by atoms with E-state index in [9.17, 15) is 4.79 Å². The third kappa shape index (κ3) is 5.10. The molecule has 0 fully saturated rings. The number of nitrogens with zero attached hydrogens (tertiary/aromatic N) is 1. The number of oxazole rings is 1. The molecular formula is C17H22N2O4. The largest absolute Gasteiger partial charge is 0.497 e. The molecule has 0 aliphatic rings. The summed E-state index contributed by atoms with van der Waals surface area (Å²) in [7, 11) is 3.23. The van der Waals surface area contributed by atoms with Crippen LogP contribution in [0.15, 0.2) is 34.9 Å². The molecule has 0 saturated carbocycles. The minimum atomic E-state index is -0.0457. The second kappa shape index (κ2) is 8.33. The number of benzene rings is 1. The molecule has 1 unspecified atom stereocenters. The van der Waals surface area contributed by atoms with Crippen LogP contribution in [0.1, 0.15) is 19.2 Å². The molecule has 2 aromatic rings. The maximum absolute atomic E-state index is 11.8. The van der Waals surface area contributed by atoms with Gasteiger partial charge in [-0.25, -0.2) is 4.98 Å². The van der Waals surface area contributed by atoms with Crippen LogP contribution in [-0.4, -0.2) is 37.8 Å². The summed E-state index contributed by atoms with van der Waals surface area (Å²) >= 11 is 0. The summed E-state index contributed by atoms with van der Waals surface area (Å²) in [6.45, 7) is 2.39. The number of carbonyl (C=O) groups is 1. The average molecular weight is 318 g/mol. The second-order valence-electron chi connectivity index (χ2n) is 5.27. The molecule has 0 spiro atoms. The van der Waals surface area contributed by atoms with E-state index in [4.69, 9.17) is 13.9 Å². The number of nitrogens with one attached hydrogen (secondary N) is 1. The molecule has 6 nitrogen and oxygen atoms in total. The van der Waals surface area contributed by atoms with Crippen LogP contribution in [0.25, 0.3) is 11.3 Å². The van der Waals surface area contributed by atoms with Crippen molar-refractivity contribution in [2.45, 2.75) is 25.8 Å². The smallest absolute Gasteiger partial charge is 0.220 e. The van der Waals surface area contributed by atoms with E-state index in [-0.39, 0.29) is 11.9 Å². The maximum Gasteiger partial charge on any atom is 0.220 e. The Morgan fingerprint density at radius 2 is 2.22 bits per heavy atom. The summed E-state index contributed by atoms with van der Waals surface area (Å²) < 4.78 is 15.9. The van der Waals surface area contributed by atoms with Gasteiger partial charge in [0.2, 0.25) is 5.91 Å². The zero-order chi connectivity index (χ0) is 16.7. The van der Waals surface area contributed by atoms with Gasteiger partial charge in [-0.05, 0) is 19.1 Å². The molecule has 23 heavy (non-hydrogen) atoms. The number of carbonyl (C=O) groups excluding carboxylic acids is 1. The van der Waals surface area contributed by atoms with Crippen molar-refractivity contribution in [3.05, 3.63) is 36.4 Å². The summed E-state index contributed by atoms with van der Waals surface area (Å²) in [6, 6.07) is 7.55. The first-order valence-corrected chi connectivity index (χ1v) is 7.49. The SMILES string of the molecule is COCC(C)NC(=O)CCc1ncc(-c2cccc(OC)c2)o1. The van der Waals surface area contributed by atoms with Gasteiger partial charge in [0.25, 0.3) is 0 Å². The Labute approximate surface area is 135 Å². The quantitative estimate of drug-likeness (QED) is 0.809. The van der Waals surface area contributed by atoms with Crippen molar-refractivity contribution in [2.24, 2.45) is 0 Å². The standard InChI is InChI=1S/C17H22N2O4/c1-12(11-21-2)19-16(20)7-8-17-18-10-15(23-17)13-5-4-6-14(9-13)22-3/h4-6,9-10,12H,7-8,11H2,1-3H3,(H,19,20). The van der Waals surface area contributed by atoms with Crippen LogP contribution in [0.3, 0.4) is 0 Å². The lowest BCUT2D eigenvalue weighted by Gasteiger charge is -2.11. The Morgan fingerprint density at radius 1 is 1.39 bits per heavy atom. The highest BCUT2D eigenvalue weighted by Gasteiger charge is 2.11. The average Bonchev–Trinajstić information content (AvgIpc) is 3.02. The van der Waals surface area contributed by atoms with E-state index >= 15 is 0 Å². The lowest BCUT2D eigenvalue weighted by molar-refractivity contribution is -0.122. The molecule has 1 amide bonds. The van der Waals surface area contributed by atoms with Crippen molar-refractivity contribution in [3.8, 4) is 17.1 Å². The molecule has 1 N–H and O–H groups in total. The van der Waals surface area contributed by atoms with Gasteiger partial charge in [-0.1, -0.05) is 12.1 Å². The first-order valence-electron chi connectivity index (χ1n) is 7.49. The summed E-state index contributed by atoms with van der Waals surface area (Å²) in [6.07, 6.45) is 2.44. The van der Waals surface area contributed by atoms with Crippen LogP contribution in [0.5, 0.6) is 5.75 Å². The van der Waals surface area contributed by atoms with Crippen molar-refractivity contribution in [2.75, 3.05) is 20.8 Å². The molecule has 1 atom stereocenters. The van der Waals surface area contributed by atoms with E-state index in [2.05, 4.69) is 10.3 Å². The number of aryl methyl sites for hydroxylation is 1. The Hall–Kier alpha value is -2.34.